The first-order valence-corrected chi connectivity index (χ1v) is 39.9. The largest absolute Gasteiger partial charge is 0.354 e. The highest BCUT2D eigenvalue weighted by molar-refractivity contribution is 6.82. The molecule has 4 aliphatic heterocycles. The average molecular weight is 1260 g/mol. The van der Waals surface area contributed by atoms with Crippen molar-refractivity contribution < 1.29 is 0 Å². The summed E-state index contributed by atoms with van der Waals surface area (Å²) in [6.07, 6.45) is 4.64. The number of fused-ring (bicyclic) bond motifs is 40. The maximum atomic E-state index is 5.68. The lowest BCUT2D eigenvalue weighted by Gasteiger charge is -2.09. The molecule has 8 aromatic carbocycles. The molecule has 0 aliphatic carbocycles. The third-order valence-electron chi connectivity index (χ3n) is 18.8. The summed E-state index contributed by atoms with van der Waals surface area (Å²) in [7, 11) is -3.39. The Morgan fingerprint density at radius 1 is 0.281 bits per heavy atom. The zero-order valence-corrected chi connectivity index (χ0v) is 55.9. The van der Waals surface area contributed by atoms with Gasteiger partial charge in [0, 0.05) is 121 Å². The second-order valence-corrected chi connectivity index (χ2v) is 37.6. The van der Waals surface area contributed by atoms with Crippen LogP contribution in [0.3, 0.4) is 0 Å². The molecule has 14 aromatic rings. The molecule has 0 saturated heterocycles. The zero-order valence-electron chi connectivity index (χ0n) is 53.9. The van der Waals surface area contributed by atoms with Gasteiger partial charge in [0.2, 0.25) is 0 Å². The third kappa shape index (κ3) is 9.44. The van der Waals surface area contributed by atoms with Crippen LogP contribution >= 0.6 is 0 Å². The molecular formula is C86H62N8Si2. The molecule has 0 radical (unpaired) electrons. The molecule has 0 saturated carbocycles. The van der Waals surface area contributed by atoms with Gasteiger partial charge in [-0.2, -0.15) is 0 Å². The van der Waals surface area contributed by atoms with Crippen molar-refractivity contribution in [2.75, 3.05) is 0 Å². The van der Waals surface area contributed by atoms with E-state index in [4.69, 9.17) is 19.9 Å². The van der Waals surface area contributed by atoms with Gasteiger partial charge in [-0.15, -0.1) is 0 Å². The molecule has 18 rings (SSSR count). The first kappa shape index (κ1) is 56.8. The van der Waals surface area contributed by atoms with Crippen LogP contribution in [0.15, 0.2) is 230 Å². The highest BCUT2D eigenvalue weighted by Gasteiger charge is 2.27. The second-order valence-electron chi connectivity index (χ2n) is 27.5. The van der Waals surface area contributed by atoms with E-state index in [9.17, 15) is 0 Å². The van der Waals surface area contributed by atoms with E-state index in [1.54, 1.807) is 0 Å². The number of nitrogens with one attached hydrogen (secondary N) is 4. The van der Waals surface area contributed by atoms with Crippen molar-refractivity contribution >= 4 is 116 Å². The summed E-state index contributed by atoms with van der Waals surface area (Å²) >= 11 is 0. The van der Waals surface area contributed by atoms with E-state index in [2.05, 4.69) is 325 Å². The van der Waals surface area contributed by atoms with Gasteiger partial charge < -0.3 is 19.9 Å². The normalized spacial score (nSPS) is 12.4. The highest BCUT2D eigenvalue weighted by Crippen LogP contribution is 2.47. The Labute approximate surface area is 557 Å². The summed E-state index contributed by atoms with van der Waals surface area (Å²) in [5.41, 5.74) is 30.9. The van der Waals surface area contributed by atoms with Crippen LogP contribution < -0.4 is 0 Å². The van der Waals surface area contributed by atoms with Crippen molar-refractivity contribution in [2.24, 2.45) is 0 Å². The average Bonchev–Trinajstić information content (AvgIpc) is 1.60. The number of benzene rings is 8. The molecule has 96 heavy (non-hydrogen) atoms. The van der Waals surface area contributed by atoms with Gasteiger partial charge >= 0.3 is 0 Å². The first-order chi connectivity index (χ1) is 46.8. The molecule has 16 bridgehead atoms. The maximum absolute atomic E-state index is 5.68. The topological polar surface area (TPSA) is 115 Å². The zero-order chi connectivity index (χ0) is 64.6. The molecule has 6 aromatic heterocycles. The molecule has 8 nitrogen and oxygen atoms in total. The van der Waals surface area contributed by atoms with Crippen molar-refractivity contribution in [3.8, 4) is 114 Å². The Morgan fingerprint density at radius 3 is 0.823 bits per heavy atom. The van der Waals surface area contributed by atoms with E-state index in [0.29, 0.717) is 0 Å². The van der Waals surface area contributed by atoms with Gasteiger partial charge in [0.05, 0.1) is 94.9 Å². The first-order valence-electron chi connectivity index (χ1n) is 32.8. The van der Waals surface area contributed by atoms with E-state index >= 15 is 0 Å². The van der Waals surface area contributed by atoms with Crippen molar-refractivity contribution in [3.63, 3.8) is 0 Å². The quantitative estimate of drug-likeness (QED) is 0.104. The van der Waals surface area contributed by atoms with Crippen LogP contribution in [-0.2, 0) is 0 Å². The smallest absolute Gasteiger partial charge is 0.0894 e. The summed E-state index contributed by atoms with van der Waals surface area (Å²) in [5.74, 6) is 14.4. The fraction of sp³-hybridized carbons (Fsp3) is 0.0698. The van der Waals surface area contributed by atoms with Crippen LogP contribution in [0.2, 0.25) is 39.3 Å². The fourth-order valence-electron chi connectivity index (χ4n) is 14.4. The third-order valence-corrected chi connectivity index (χ3v) is 21.2. The lowest BCUT2D eigenvalue weighted by molar-refractivity contribution is 1.39. The molecule has 0 unspecified atom stereocenters. The van der Waals surface area contributed by atoms with Gasteiger partial charge in [-0.3, -0.25) is 0 Å². The molecule has 0 spiro atoms. The van der Waals surface area contributed by atoms with E-state index in [1.165, 1.54) is 0 Å². The lowest BCUT2D eigenvalue weighted by Crippen LogP contribution is -2.15. The molecule has 0 atom stereocenters. The Hall–Kier alpha value is -11.9. The molecule has 10 heteroatoms. The van der Waals surface area contributed by atoms with E-state index in [-0.39, 0.29) is 0 Å². The number of aromatic amines is 4. The Kier molecular flexibility index (Phi) is 12.9. The van der Waals surface area contributed by atoms with E-state index in [0.717, 1.165) is 200 Å². The van der Waals surface area contributed by atoms with Gasteiger partial charge in [-0.1, -0.05) is 257 Å². The van der Waals surface area contributed by atoms with Crippen molar-refractivity contribution in [1.82, 2.24) is 39.9 Å². The van der Waals surface area contributed by atoms with Gasteiger partial charge in [-0.25, -0.2) is 19.9 Å². The maximum Gasteiger partial charge on any atom is 0.0894 e. The summed E-state index contributed by atoms with van der Waals surface area (Å²) < 4.78 is 0. The molecular weight excluding hydrogens is 1200 g/mol. The SMILES string of the molecule is C[Si](C)(C)/C=C/c1c2nc(cc3[nH]c(c(C#CC#Cc4c5nc(cc6[nH]c(c(/C=C/[Si](C)(C)C)c7nc(cc8[nH]c4c4ccccc84)-c4ccccc4-7)c4ccccc64)-c4ccccc4-5)c4nc(cc5[nH]c1c1ccccc51)-c1ccccc1-4)c1ccccc31)-c1ccccc1-2. The molecule has 0 amide bonds. The minimum absolute atomic E-state index is 0.718. The van der Waals surface area contributed by atoms with Crippen molar-refractivity contribution in [2.45, 2.75) is 39.3 Å². The van der Waals surface area contributed by atoms with Crippen LogP contribution in [-0.4, -0.2) is 56.0 Å². The summed E-state index contributed by atoms with van der Waals surface area (Å²) in [4.78, 5) is 38.5. The number of aromatic nitrogens is 8. The van der Waals surface area contributed by atoms with Crippen LogP contribution in [0.5, 0.6) is 0 Å². The van der Waals surface area contributed by atoms with Crippen LogP contribution in [0, 0.1) is 23.7 Å². The minimum Gasteiger partial charge on any atom is -0.354 e. The highest BCUT2D eigenvalue weighted by atomic mass is 28.3. The van der Waals surface area contributed by atoms with Gasteiger partial charge in [0.25, 0.3) is 0 Å². The van der Waals surface area contributed by atoms with Gasteiger partial charge in [0.15, 0.2) is 0 Å². The fourth-order valence-corrected chi connectivity index (χ4v) is 15.7. The Balaban J connectivity index is 0.943. The van der Waals surface area contributed by atoms with Gasteiger partial charge in [-0.05, 0) is 47.9 Å². The van der Waals surface area contributed by atoms with Crippen LogP contribution in [0.1, 0.15) is 22.3 Å². The molecule has 4 aliphatic rings. The number of rotatable bonds is 4. The number of nitrogens with zero attached hydrogens (tertiary/aromatic N) is 4. The standard InChI is InChI=1S/C86H62N8Si2/c1-95(2,3)45-43-69-83-63-37-19-11-29-55(63)75(91-83)47-71-51-25-7-15-33-59(51)79(87-71)67(80-60-34-16-8-26-52(60)72(88-80)48-76-56-30-12-20-38-64(56)84(69)92-76)41-23-24-42-68-81-61-35-17-9-27-53(61)73(89-81)49-77-57-31-13-21-39-65(57)85(93-77)70(44-46-96(4,5)6)86-66-40-22-14-32-58(66)78(94-86)50-74-54-28-10-18-36-62(54)82(68)90-74/h7-22,25-40,43-50,87,89,92,94H,1-6H3/b45-43+,46-44+,71-47?,72-48?,73-49?,74-50?,75-47?,76-48?,77-49?,78-50?,79-67?,80-67?,81-68?,82-68?,83-69?,84-69?,85-70?,86-70?. The minimum atomic E-state index is -1.70. The molecule has 454 valence electrons. The monoisotopic (exact) mass is 1260 g/mol. The van der Waals surface area contributed by atoms with E-state index in [1.807, 2.05) is 0 Å². The summed E-state index contributed by atoms with van der Waals surface area (Å²) in [5, 5.41) is 8.51. The van der Waals surface area contributed by atoms with Crippen LogP contribution in [0.4, 0.5) is 0 Å². The number of hydrogen-bond acceptors (Lipinski definition) is 4. The number of H-pyrrole nitrogens is 4. The molecule has 10 heterocycles. The Bertz CT molecular complexity index is 5940. The number of hydrogen-bond donors (Lipinski definition) is 4. The van der Waals surface area contributed by atoms with E-state index < -0.39 is 16.1 Å². The summed E-state index contributed by atoms with van der Waals surface area (Å²) in [6.45, 7) is 14.2. The van der Waals surface area contributed by atoms with Crippen molar-refractivity contribution in [3.05, 3.63) is 252 Å². The predicted octanol–water partition coefficient (Wildman–Crippen LogP) is 22.1. The Morgan fingerprint density at radius 2 is 0.521 bits per heavy atom. The lowest BCUT2D eigenvalue weighted by atomic mass is 10.00. The van der Waals surface area contributed by atoms with Gasteiger partial charge in [0.1, 0.15) is 0 Å². The van der Waals surface area contributed by atoms with Crippen molar-refractivity contribution in [1.29, 1.82) is 0 Å². The second kappa shape index (κ2) is 21.8. The molecule has 0 fully saturated rings. The van der Waals surface area contributed by atoms with Crippen LogP contribution in [0.25, 0.3) is 189 Å². The summed E-state index contributed by atoms with van der Waals surface area (Å²) in [6, 6.07) is 77.5. The molecule has 4 N–H and O–H groups in total. The predicted molar refractivity (Wildman–Crippen MR) is 408 cm³/mol.